The lowest BCUT2D eigenvalue weighted by atomic mass is 10.1. The van der Waals surface area contributed by atoms with Gasteiger partial charge < -0.3 is 10.8 Å². The number of halogens is 1. The molecule has 3 N–H and O–H groups in total. The molecule has 1 heterocycles. The van der Waals surface area contributed by atoms with Crippen LogP contribution < -0.4 is 5.73 Å². The van der Waals surface area contributed by atoms with Crippen LogP contribution in [0.2, 0.25) is 0 Å². The molecule has 0 aliphatic rings. The first-order valence-corrected chi connectivity index (χ1v) is 5.75. The van der Waals surface area contributed by atoms with Gasteiger partial charge in [0.1, 0.15) is 0 Å². The van der Waals surface area contributed by atoms with Gasteiger partial charge in [-0.2, -0.15) is 0 Å². The van der Waals surface area contributed by atoms with Crippen molar-refractivity contribution in [2.45, 2.75) is 0 Å². The van der Waals surface area contributed by atoms with Crippen LogP contribution in [-0.2, 0) is 0 Å². The lowest BCUT2D eigenvalue weighted by Gasteiger charge is -2.00. The summed E-state index contributed by atoms with van der Waals surface area (Å²) >= 11 is 3.57. The molecule has 5 heteroatoms. The van der Waals surface area contributed by atoms with Crippen LogP contribution in [0.3, 0.4) is 0 Å². The molecular weight excluding hydrogens is 313 g/mol. The lowest BCUT2D eigenvalue weighted by Crippen LogP contribution is -1.98. The van der Waals surface area contributed by atoms with Gasteiger partial charge in [-0.15, -0.1) is 11.3 Å². The minimum atomic E-state index is -0.932. The van der Waals surface area contributed by atoms with Gasteiger partial charge in [0.25, 0.3) is 0 Å². The zero-order chi connectivity index (χ0) is 10.3. The summed E-state index contributed by atoms with van der Waals surface area (Å²) in [5.41, 5.74) is 6.53. The summed E-state index contributed by atoms with van der Waals surface area (Å²) in [4.78, 5) is 11.0. The van der Waals surface area contributed by atoms with Crippen LogP contribution in [0.15, 0.2) is 17.5 Å². The Morgan fingerprint density at radius 2 is 2.21 bits per heavy atom. The highest BCUT2D eigenvalue weighted by atomic mass is 127. The van der Waals surface area contributed by atoms with Gasteiger partial charge in [0.2, 0.25) is 0 Å². The Bertz CT molecular complexity index is 521. The first-order chi connectivity index (χ1) is 6.59. The Morgan fingerprint density at radius 3 is 2.86 bits per heavy atom. The second-order valence-corrected chi connectivity index (χ2v) is 4.98. The van der Waals surface area contributed by atoms with Gasteiger partial charge in [0.05, 0.1) is 11.3 Å². The van der Waals surface area contributed by atoms with Crippen LogP contribution in [0.1, 0.15) is 10.4 Å². The molecule has 3 nitrogen and oxygen atoms in total. The zero-order valence-electron chi connectivity index (χ0n) is 6.95. The van der Waals surface area contributed by atoms with Crippen LogP contribution in [0.5, 0.6) is 0 Å². The van der Waals surface area contributed by atoms with Gasteiger partial charge in [0.15, 0.2) is 0 Å². The number of carboxylic acids is 1. The number of fused-ring (bicyclic) bond motifs is 1. The summed E-state index contributed by atoms with van der Waals surface area (Å²) in [7, 11) is 0. The number of aromatic carboxylic acids is 1. The molecule has 0 saturated heterocycles. The van der Waals surface area contributed by atoms with Crippen molar-refractivity contribution in [1.82, 2.24) is 0 Å². The third kappa shape index (κ3) is 1.46. The number of nitrogens with two attached hydrogens (primary N) is 1. The average molecular weight is 319 g/mol. The Hall–Kier alpha value is -0.820. The summed E-state index contributed by atoms with van der Waals surface area (Å²) in [6.07, 6.45) is 0. The van der Waals surface area contributed by atoms with Crippen LogP contribution in [0.4, 0.5) is 5.69 Å². The largest absolute Gasteiger partial charge is 0.478 e. The van der Waals surface area contributed by atoms with Gasteiger partial charge in [-0.05, 0) is 34.7 Å². The van der Waals surface area contributed by atoms with Gasteiger partial charge >= 0.3 is 5.97 Å². The third-order valence-electron chi connectivity index (χ3n) is 1.90. The molecule has 0 radical (unpaired) electrons. The van der Waals surface area contributed by atoms with E-state index in [-0.39, 0.29) is 5.56 Å². The predicted molar refractivity (Wildman–Crippen MR) is 65.9 cm³/mol. The van der Waals surface area contributed by atoms with Crippen LogP contribution in [0, 0.1) is 3.57 Å². The topological polar surface area (TPSA) is 63.3 Å². The monoisotopic (exact) mass is 319 g/mol. The zero-order valence-corrected chi connectivity index (χ0v) is 9.93. The molecule has 1 aromatic carbocycles. The SMILES string of the molecule is Nc1csc2cc(I)cc(C(=O)O)c12. The van der Waals surface area contributed by atoms with Gasteiger partial charge in [-0.3, -0.25) is 0 Å². The molecule has 0 spiro atoms. The minimum absolute atomic E-state index is 0.283. The summed E-state index contributed by atoms with van der Waals surface area (Å²) < 4.78 is 1.83. The molecule has 0 aliphatic carbocycles. The lowest BCUT2D eigenvalue weighted by molar-refractivity contribution is 0.0699. The molecule has 0 bridgehead atoms. The van der Waals surface area contributed by atoms with Crippen LogP contribution in [-0.4, -0.2) is 11.1 Å². The number of carbonyl (C=O) groups is 1. The number of carboxylic acid groups (broad SMARTS) is 1. The first kappa shape index (κ1) is 9.72. The Balaban J connectivity index is 2.90. The summed E-state index contributed by atoms with van der Waals surface area (Å²) in [6, 6.07) is 3.57. The van der Waals surface area contributed by atoms with Crippen molar-refractivity contribution in [2.75, 3.05) is 5.73 Å². The van der Waals surface area contributed by atoms with Crippen molar-refractivity contribution in [3.63, 3.8) is 0 Å². The average Bonchev–Trinajstić information content (AvgIpc) is 2.46. The fourth-order valence-corrected chi connectivity index (χ4v) is 3.07. The van der Waals surface area contributed by atoms with Crippen molar-refractivity contribution < 1.29 is 9.90 Å². The van der Waals surface area contributed by atoms with E-state index < -0.39 is 5.97 Å². The Kier molecular flexibility index (Phi) is 2.36. The van der Waals surface area contributed by atoms with Crippen molar-refractivity contribution in [3.05, 3.63) is 26.6 Å². The predicted octanol–water partition coefficient (Wildman–Crippen LogP) is 2.79. The third-order valence-corrected chi connectivity index (χ3v) is 3.47. The molecule has 14 heavy (non-hydrogen) atoms. The number of nitrogen functional groups attached to an aromatic ring is 1. The van der Waals surface area contributed by atoms with Gasteiger partial charge in [-0.25, -0.2) is 4.79 Å². The van der Waals surface area contributed by atoms with E-state index >= 15 is 0 Å². The molecule has 0 fully saturated rings. The molecule has 72 valence electrons. The van der Waals surface area contributed by atoms with Crippen LogP contribution >= 0.6 is 33.9 Å². The van der Waals surface area contributed by atoms with Crippen molar-refractivity contribution >= 4 is 55.7 Å². The summed E-state index contributed by atoms with van der Waals surface area (Å²) in [5, 5.41) is 11.4. The van der Waals surface area contributed by atoms with E-state index in [0.29, 0.717) is 11.1 Å². The molecule has 2 rings (SSSR count). The molecule has 0 unspecified atom stereocenters. The molecule has 0 aliphatic heterocycles. The molecule has 1 aromatic heterocycles. The maximum absolute atomic E-state index is 11.0. The van der Waals surface area contributed by atoms with E-state index in [4.69, 9.17) is 10.8 Å². The standard InChI is InChI=1S/C9H6INO2S/c10-4-1-5(9(12)13)8-6(11)3-14-7(8)2-4/h1-3H,11H2,(H,12,13). The highest BCUT2D eigenvalue weighted by Gasteiger charge is 2.13. The molecular formula is C9H6INO2S. The minimum Gasteiger partial charge on any atom is -0.478 e. The molecule has 0 atom stereocenters. The normalized spacial score (nSPS) is 10.6. The summed E-state index contributed by atoms with van der Waals surface area (Å²) in [5.74, 6) is -0.932. The van der Waals surface area contributed by atoms with Crippen LogP contribution in [0.25, 0.3) is 10.1 Å². The fourth-order valence-electron chi connectivity index (χ4n) is 1.33. The first-order valence-electron chi connectivity index (χ1n) is 3.79. The van der Waals surface area contributed by atoms with E-state index in [1.807, 2.05) is 6.07 Å². The van der Waals surface area contributed by atoms with E-state index in [1.165, 1.54) is 11.3 Å². The van der Waals surface area contributed by atoms with Crippen molar-refractivity contribution in [2.24, 2.45) is 0 Å². The number of hydrogen-bond acceptors (Lipinski definition) is 3. The second-order valence-electron chi connectivity index (χ2n) is 2.82. The smallest absolute Gasteiger partial charge is 0.336 e. The van der Waals surface area contributed by atoms with E-state index in [2.05, 4.69) is 22.6 Å². The Labute approximate surface area is 97.7 Å². The molecule has 0 amide bonds. The number of hydrogen-bond donors (Lipinski definition) is 2. The number of thiophene rings is 1. The number of rotatable bonds is 1. The number of anilines is 1. The quantitative estimate of drug-likeness (QED) is 0.795. The Morgan fingerprint density at radius 1 is 1.50 bits per heavy atom. The number of benzene rings is 1. The maximum atomic E-state index is 11.0. The highest BCUT2D eigenvalue weighted by Crippen LogP contribution is 2.32. The molecule has 2 aromatic rings. The fraction of sp³-hybridized carbons (Fsp3) is 0. The maximum Gasteiger partial charge on any atom is 0.336 e. The van der Waals surface area contributed by atoms with Gasteiger partial charge in [-0.1, -0.05) is 0 Å². The van der Waals surface area contributed by atoms with Crippen molar-refractivity contribution in [1.29, 1.82) is 0 Å². The van der Waals surface area contributed by atoms with E-state index in [9.17, 15) is 4.79 Å². The summed E-state index contributed by atoms with van der Waals surface area (Å²) in [6.45, 7) is 0. The van der Waals surface area contributed by atoms with E-state index in [0.717, 1.165) is 8.27 Å². The van der Waals surface area contributed by atoms with Gasteiger partial charge in [0, 0.05) is 19.0 Å². The highest BCUT2D eigenvalue weighted by molar-refractivity contribution is 14.1. The second kappa shape index (κ2) is 3.39. The molecule has 0 saturated carbocycles. The van der Waals surface area contributed by atoms with Crippen molar-refractivity contribution in [3.8, 4) is 0 Å². The van der Waals surface area contributed by atoms with E-state index in [1.54, 1.807) is 11.4 Å².